The molecule has 2 rings (SSSR count). The van der Waals surface area contributed by atoms with E-state index in [4.69, 9.17) is 4.74 Å². The number of methoxy groups -OCH3 is 1. The van der Waals surface area contributed by atoms with Gasteiger partial charge in [-0.2, -0.15) is 0 Å². The zero-order valence-corrected chi connectivity index (χ0v) is 13.2. The molecule has 2 N–H and O–H groups in total. The first-order valence-electron chi connectivity index (χ1n) is 7.16. The Morgan fingerprint density at radius 3 is 2.56 bits per heavy atom. The average molecular weight is 346 g/mol. The van der Waals surface area contributed by atoms with Crippen LogP contribution in [-0.4, -0.2) is 31.6 Å². The predicted molar refractivity (Wildman–Crippen MR) is 86.8 cm³/mol. The van der Waals surface area contributed by atoms with E-state index in [1.54, 1.807) is 12.1 Å². The fourth-order valence-electron chi connectivity index (χ4n) is 1.86. The molecule has 0 saturated carbocycles. The van der Waals surface area contributed by atoms with Crippen LogP contribution in [0.3, 0.4) is 0 Å². The van der Waals surface area contributed by atoms with Gasteiger partial charge in [-0.15, -0.1) is 0 Å². The Hall–Kier alpha value is -3.42. The Bertz CT molecular complexity index is 794. The van der Waals surface area contributed by atoms with Gasteiger partial charge in [-0.1, -0.05) is 18.2 Å². The monoisotopic (exact) mass is 346 g/mol. The van der Waals surface area contributed by atoms with Gasteiger partial charge in [-0.3, -0.25) is 10.1 Å². The number of rotatable bonds is 5. The lowest BCUT2D eigenvalue weighted by molar-refractivity contribution is -0.121. The number of carbonyl (C=O) groups is 3. The summed E-state index contributed by atoms with van der Waals surface area (Å²) in [6, 6.07) is 10.7. The van der Waals surface area contributed by atoms with Gasteiger partial charge in [-0.05, 0) is 30.3 Å². The number of para-hydroxylation sites is 1. The molecular weight excluding hydrogens is 331 g/mol. The van der Waals surface area contributed by atoms with Gasteiger partial charge in [0, 0.05) is 0 Å². The molecular formula is C17H15FN2O5. The largest absolute Gasteiger partial charge is 0.484 e. The normalized spacial score (nSPS) is 9.84. The lowest BCUT2D eigenvalue weighted by atomic mass is 10.2. The number of benzene rings is 2. The number of urea groups is 1. The molecule has 0 aromatic heterocycles. The molecule has 2 aromatic rings. The molecule has 8 heteroatoms. The van der Waals surface area contributed by atoms with E-state index in [0.29, 0.717) is 0 Å². The maximum absolute atomic E-state index is 13.4. The van der Waals surface area contributed by atoms with Crippen molar-refractivity contribution in [3.63, 3.8) is 0 Å². The fraction of sp³-hybridized carbons (Fsp3) is 0.118. The molecule has 0 aliphatic carbocycles. The van der Waals surface area contributed by atoms with Crippen LogP contribution in [0, 0.1) is 5.82 Å². The van der Waals surface area contributed by atoms with E-state index in [-0.39, 0.29) is 17.0 Å². The molecule has 2 aromatic carbocycles. The number of hydrogen-bond donors (Lipinski definition) is 2. The minimum Gasteiger partial charge on any atom is -0.484 e. The second-order valence-electron chi connectivity index (χ2n) is 4.79. The first kappa shape index (κ1) is 17.9. The van der Waals surface area contributed by atoms with E-state index >= 15 is 0 Å². The molecule has 0 fully saturated rings. The van der Waals surface area contributed by atoms with Gasteiger partial charge in [-0.25, -0.2) is 14.0 Å². The summed E-state index contributed by atoms with van der Waals surface area (Å²) in [6.07, 6.45) is 0. The van der Waals surface area contributed by atoms with Crippen molar-refractivity contribution in [2.75, 3.05) is 19.0 Å². The van der Waals surface area contributed by atoms with Crippen molar-refractivity contribution in [2.45, 2.75) is 0 Å². The third-order valence-electron chi connectivity index (χ3n) is 3.00. The summed E-state index contributed by atoms with van der Waals surface area (Å²) in [5.74, 6) is -1.65. The van der Waals surface area contributed by atoms with Gasteiger partial charge in [0.15, 0.2) is 6.61 Å². The molecule has 0 saturated heterocycles. The highest BCUT2D eigenvalue weighted by molar-refractivity contribution is 6.01. The molecule has 0 unspecified atom stereocenters. The maximum Gasteiger partial charge on any atom is 0.337 e. The third kappa shape index (κ3) is 5.31. The Kier molecular flexibility index (Phi) is 6.05. The van der Waals surface area contributed by atoms with Crippen molar-refractivity contribution in [1.29, 1.82) is 0 Å². The minimum atomic E-state index is -0.887. The summed E-state index contributed by atoms with van der Waals surface area (Å²) in [6.45, 7) is -0.463. The van der Waals surface area contributed by atoms with E-state index < -0.39 is 30.3 Å². The highest BCUT2D eigenvalue weighted by Gasteiger charge is 2.11. The van der Waals surface area contributed by atoms with E-state index in [2.05, 4.69) is 10.1 Å². The van der Waals surface area contributed by atoms with Crippen LogP contribution in [0.15, 0.2) is 48.5 Å². The lowest BCUT2D eigenvalue weighted by Crippen LogP contribution is -2.37. The molecule has 7 nitrogen and oxygen atoms in total. The van der Waals surface area contributed by atoms with Gasteiger partial charge >= 0.3 is 12.0 Å². The van der Waals surface area contributed by atoms with Crippen LogP contribution in [0.4, 0.5) is 14.9 Å². The third-order valence-corrected chi connectivity index (χ3v) is 3.00. The van der Waals surface area contributed by atoms with Crippen molar-refractivity contribution in [1.82, 2.24) is 5.32 Å². The van der Waals surface area contributed by atoms with Crippen LogP contribution in [0.25, 0.3) is 0 Å². The zero-order valence-electron chi connectivity index (χ0n) is 13.2. The van der Waals surface area contributed by atoms with Gasteiger partial charge < -0.3 is 14.8 Å². The molecule has 0 atom stereocenters. The number of hydrogen-bond acceptors (Lipinski definition) is 5. The SMILES string of the molecule is COC(=O)c1cccc(OCC(=O)NC(=O)Nc2ccccc2F)c1. The first-order valence-corrected chi connectivity index (χ1v) is 7.16. The molecule has 0 bridgehead atoms. The maximum atomic E-state index is 13.4. The quantitative estimate of drug-likeness (QED) is 0.811. The van der Waals surface area contributed by atoms with Crippen LogP contribution >= 0.6 is 0 Å². The van der Waals surface area contributed by atoms with Crippen molar-refractivity contribution in [3.8, 4) is 5.75 Å². The first-order chi connectivity index (χ1) is 12.0. The van der Waals surface area contributed by atoms with Crippen LogP contribution in [-0.2, 0) is 9.53 Å². The zero-order chi connectivity index (χ0) is 18.2. The number of esters is 1. The summed E-state index contributed by atoms with van der Waals surface area (Å²) in [5.41, 5.74) is 0.206. The number of imide groups is 1. The smallest absolute Gasteiger partial charge is 0.337 e. The van der Waals surface area contributed by atoms with Crippen molar-refractivity contribution in [3.05, 3.63) is 59.9 Å². The van der Waals surface area contributed by atoms with Crippen LogP contribution in [0.2, 0.25) is 0 Å². The Morgan fingerprint density at radius 2 is 1.84 bits per heavy atom. The van der Waals surface area contributed by atoms with Crippen molar-refractivity contribution < 1.29 is 28.2 Å². The van der Waals surface area contributed by atoms with Gasteiger partial charge in [0.2, 0.25) is 0 Å². The van der Waals surface area contributed by atoms with E-state index in [1.165, 1.54) is 43.5 Å². The van der Waals surface area contributed by atoms with Crippen LogP contribution < -0.4 is 15.4 Å². The Morgan fingerprint density at radius 1 is 1.08 bits per heavy atom. The van der Waals surface area contributed by atoms with Gasteiger partial charge in [0.1, 0.15) is 11.6 Å². The average Bonchev–Trinajstić information content (AvgIpc) is 2.61. The fourth-order valence-corrected chi connectivity index (χ4v) is 1.86. The standard InChI is InChI=1S/C17H15FN2O5/c1-24-16(22)11-5-4-6-12(9-11)25-10-15(21)20-17(23)19-14-8-3-2-7-13(14)18/h2-9H,10H2,1H3,(H2,19,20,21,23). The van der Waals surface area contributed by atoms with Crippen molar-refractivity contribution >= 4 is 23.6 Å². The molecule has 0 aliphatic heterocycles. The van der Waals surface area contributed by atoms with E-state index in [0.717, 1.165) is 0 Å². The number of ether oxygens (including phenoxy) is 2. The highest BCUT2D eigenvalue weighted by atomic mass is 19.1. The number of halogens is 1. The summed E-state index contributed by atoms with van der Waals surface area (Å²) < 4.78 is 23.2. The molecule has 0 radical (unpaired) electrons. The second kappa shape index (κ2) is 8.44. The second-order valence-corrected chi connectivity index (χ2v) is 4.79. The summed E-state index contributed by atoms with van der Waals surface area (Å²) in [4.78, 5) is 34.7. The number of amides is 3. The lowest BCUT2D eigenvalue weighted by Gasteiger charge is -2.09. The minimum absolute atomic E-state index is 0.0560. The van der Waals surface area contributed by atoms with Crippen LogP contribution in [0.5, 0.6) is 5.75 Å². The molecule has 25 heavy (non-hydrogen) atoms. The van der Waals surface area contributed by atoms with Gasteiger partial charge in [0.25, 0.3) is 5.91 Å². The Balaban J connectivity index is 1.85. The van der Waals surface area contributed by atoms with E-state index in [1.807, 2.05) is 5.32 Å². The molecule has 0 spiro atoms. The van der Waals surface area contributed by atoms with Crippen molar-refractivity contribution in [2.24, 2.45) is 0 Å². The highest BCUT2D eigenvalue weighted by Crippen LogP contribution is 2.14. The molecule has 130 valence electrons. The van der Waals surface area contributed by atoms with E-state index in [9.17, 15) is 18.8 Å². The number of carbonyl (C=O) groups excluding carboxylic acids is 3. The molecule has 3 amide bonds. The summed E-state index contributed by atoms with van der Waals surface area (Å²) >= 11 is 0. The summed E-state index contributed by atoms with van der Waals surface area (Å²) in [5, 5.41) is 4.21. The molecule has 0 heterocycles. The van der Waals surface area contributed by atoms with Crippen LogP contribution in [0.1, 0.15) is 10.4 Å². The summed E-state index contributed by atoms with van der Waals surface area (Å²) in [7, 11) is 1.25. The predicted octanol–water partition coefficient (Wildman–Crippen LogP) is 2.34. The van der Waals surface area contributed by atoms with Gasteiger partial charge in [0.05, 0.1) is 18.4 Å². The molecule has 0 aliphatic rings. The number of anilines is 1. The number of nitrogens with one attached hydrogen (secondary N) is 2. The topological polar surface area (TPSA) is 93.7 Å². The Labute approximate surface area is 142 Å².